The number of fused-ring (bicyclic) bond motifs is 4. The first-order valence-corrected chi connectivity index (χ1v) is 15.7. The molecule has 0 aliphatic carbocycles. The van der Waals surface area contributed by atoms with Gasteiger partial charge in [0.15, 0.2) is 47.7 Å². The molecule has 0 bridgehead atoms. The zero-order chi connectivity index (χ0) is 31.0. The Labute approximate surface area is 243 Å². The number of nitrogen functional groups attached to an aromatic ring is 2. The molecule has 2 unspecified atom stereocenters. The summed E-state index contributed by atoms with van der Waals surface area (Å²) in [6.45, 7) is -1.81. The van der Waals surface area contributed by atoms with Crippen molar-refractivity contribution in [2.45, 2.75) is 49.2 Å². The van der Waals surface area contributed by atoms with Crippen LogP contribution in [0.2, 0.25) is 0 Å². The lowest BCUT2D eigenvalue weighted by atomic mass is 10.1. The van der Waals surface area contributed by atoms with Crippen molar-refractivity contribution in [1.82, 2.24) is 39.0 Å². The van der Waals surface area contributed by atoms with Crippen LogP contribution in [0.15, 0.2) is 25.3 Å². The predicted molar refractivity (Wildman–Crippen MR) is 138 cm³/mol. The van der Waals surface area contributed by atoms with Gasteiger partial charge in [0, 0.05) is 0 Å². The van der Waals surface area contributed by atoms with Gasteiger partial charge in [-0.1, -0.05) is 0 Å². The van der Waals surface area contributed by atoms with E-state index in [9.17, 15) is 18.9 Å². The highest BCUT2D eigenvalue weighted by atomic mass is 31.2. The summed E-state index contributed by atoms with van der Waals surface area (Å²) in [6, 6.07) is 0. The molecule has 0 radical (unpaired) electrons. The minimum atomic E-state index is -5.12. The maximum atomic E-state index is 15.8. The summed E-state index contributed by atoms with van der Waals surface area (Å²) in [6.07, 6.45) is -9.92. The van der Waals surface area contributed by atoms with Crippen LogP contribution < -0.4 is 11.5 Å². The van der Waals surface area contributed by atoms with E-state index in [-0.39, 0.29) is 34.0 Å². The van der Waals surface area contributed by atoms with E-state index in [2.05, 4.69) is 29.9 Å². The van der Waals surface area contributed by atoms with Crippen molar-refractivity contribution >= 4 is 49.6 Å². The number of hydrogen-bond acceptors (Lipinski definition) is 16. The minimum absolute atomic E-state index is 0.000317. The second kappa shape index (κ2) is 10.7. The number of phosphoric ester groups is 2. The summed E-state index contributed by atoms with van der Waals surface area (Å²) in [5.74, 6) is -0.000634. The van der Waals surface area contributed by atoms with Gasteiger partial charge in [-0.3, -0.25) is 27.2 Å². The summed E-state index contributed by atoms with van der Waals surface area (Å²) in [7, 11) is -10.2. The van der Waals surface area contributed by atoms with Gasteiger partial charge in [0.05, 0.1) is 25.9 Å². The highest BCUT2D eigenvalue weighted by Crippen LogP contribution is 2.54. The van der Waals surface area contributed by atoms with Gasteiger partial charge in [-0.25, -0.2) is 47.8 Å². The molecule has 3 aliphatic rings. The van der Waals surface area contributed by atoms with Gasteiger partial charge < -0.3 is 30.7 Å². The molecule has 10 atom stereocenters. The van der Waals surface area contributed by atoms with Gasteiger partial charge in [-0.2, -0.15) is 0 Å². The number of ether oxygens (including phenoxy) is 2. The summed E-state index contributed by atoms with van der Waals surface area (Å²) >= 11 is 0. The Balaban J connectivity index is 1.17. The Hall–Kier alpha value is -3.30. The van der Waals surface area contributed by atoms with Crippen LogP contribution in [-0.4, -0.2) is 98.8 Å². The van der Waals surface area contributed by atoms with Gasteiger partial charge in [0.2, 0.25) is 0 Å². The second-order valence-electron chi connectivity index (χ2n) is 9.85. The fourth-order valence-electron chi connectivity index (χ4n) is 5.17. The molecule has 3 aliphatic heterocycles. The van der Waals surface area contributed by atoms with Gasteiger partial charge in [0.1, 0.15) is 48.1 Å². The first kappa shape index (κ1) is 29.4. The fourth-order valence-corrected chi connectivity index (χ4v) is 7.08. The van der Waals surface area contributed by atoms with Crippen LogP contribution in [0.25, 0.3) is 22.3 Å². The quantitative estimate of drug-likeness (QED) is 0.210. The van der Waals surface area contributed by atoms with Crippen molar-refractivity contribution in [1.29, 1.82) is 0 Å². The number of imidazole rings is 2. The van der Waals surface area contributed by atoms with Crippen molar-refractivity contribution in [3.63, 3.8) is 0 Å². The highest BCUT2D eigenvalue weighted by Gasteiger charge is 2.55. The molecule has 0 spiro atoms. The van der Waals surface area contributed by atoms with E-state index in [0.29, 0.717) is 0 Å². The summed E-state index contributed by atoms with van der Waals surface area (Å²) in [5.41, 5.74) is 12.0. The van der Waals surface area contributed by atoms with Crippen molar-refractivity contribution in [2.75, 3.05) is 24.7 Å². The summed E-state index contributed by atoms with van der Waals surface area (Å²) < 4.78 is 91.6. The van der Waals surface area contributed by atoms with Crippen molar-refractivity contribution in [3.05, 3.63) is 25.3 Å². The molecule has 24 heteroatoms. The topological polar surface area (TPSA) is 269 Å². The van der Waals surface area contributed by atoms with Crippen LogP contribution in [0, 0.1) is 0 Å². The van der Waals surface area contributed by atoms with Crippen LogP contribution >= 0.6 is 15.6 Å². The number of rotatable bonds is 2. The number of nitrogens with zero attached hydrogens (tertiary/aromatic N) is 8. The van der Waals surface area contributed by atoms with E-state index in [1.807, 2.05) is 0 Å². The molecule has 236 valence electrons. The number of nitrogens with two attached hydrogens (primary N) is 2. The van der Waals surface area contributed by atoms with Crippen LogP contribution in [-0.2, 0) is 36.7 Å². The highest BCUT2D eigenvalue weighted by molar-refractivity contribution is 7.47. The molecule has 20 nitrogen and oxygen atoms in total. The largest absolute Gasteiger partial charge is 0.472 e. The van der Waals surface area contributed by atoms with Crippen LogP contribution in [0.4, 0.5) is 20.4 Å². The normalized spacial score (nSPS) is 38.3. The third kappa shape index (κ3) is 5.02. The first-order chi connectivity index (χ1) is 20.9. The van der Waals surface area contributed by atoms with Crippen LogP contribution in [0.5, 0.6) is 0 Å². The maximum absolute atomic E-state index is 15.8. The standard InChI is InChI=1S/C20H22F2N10O10P2/c21-9-13-7(39-19(9)31-5-29-11-15(23)25-3-27-17(11)31)1-37-43(33,34)42-14-8(2-38-44(35,36)41-13)40-20(10(14)22)32-6-30-12-16(24)26-4-28-18(12)32/h3-10,13-14,19-20H,1-2H2,(H,33,34)(H,35,36)(H2,23,25,27)(H2,24,26,28)/t7-,8-,9-,10-,13-,14-,19-,20-/m1/s1. The number of phosphoric acid groups is 2. The zero-order valence-electron chi connectivity index (χ0n) is 21.9. The Kier molecular flexibility index (Phi) is 7.12. The molecule has 0 aromatic carbocycles. The molecule has 0 amide bonds. The van der Waals surface area contributed by atoms with Crippen LogP contribution in [0.1, 0.15) is 12.5 Å². The number of alkyl halides is 2. The minimum Gasteiger partial charge on any atom is -0.382 e. The summed E-state index contributed by atoms with van der Waals surface area (Å²) in [4.78, 5) is 44.7. The number of hydrogen-bond donors (Lipinski definition) is 4. The molecule has 7 heterocycles. The van der Waals surface area contributed by atoms with Crippen molar-refractivity contribution in [2.24, 2.45) is 0 Å². The Morgan fingerprint density at radius 1 is 0.727 bits per heavy atom. The monoisotopic (exact) mass is 662 g/mol. The lowest BCUT2D eigenvalue weighted by molar-refractivity contribution is -0.0662. The molecule has 0 saturated carbocycles. The Morgan fingerprint density at radius 3 is 1.55 bits per heavy atom. The SMILES string of the molecule is Nc1ncnc2c1ncn2[C@@H]1O[C@@H]2COP(=O)(O)O[C@H]3[C@@H](F)[C@H](n4cnc5c(N)ncnc54)O[C@@H]3COP(=O)(O)O[C@H]2[C@H]1F. The van der Waals surface area contributed by atoms with Crippen molar-refractivity contribution < 1.29 is 55.3 Å². The Bertz CT molecular complexity index is 1700. The van der Waals surface area contributed by atoms with E-state index in [1.165, 1.54) is 0 Å². The lowest BCUT2D eigenvalue weighted by Gasteiger charge is -2.27. The van der Waals surface area contributed by atoms with E-state index < -0.39 is 78.1 Å². The zero-order valence-corrected chi connectivity index (χ0v) is 23.7. The van der Waals surface area contributed by atoms with E-state index in [0.717, 1.165) is 34.4 Å². The van der Waals surface area contributed by atoms with E-state index in [4.69, 9.17) is 39.0 Å². The van der Waals surface area contributed by atoms with Gasteiger partial charge in [-0.15, -0.1) is 0 Å². The van der Waals surface area contributed by atoms with E-state index in [1.54, 1.807) is 0 Å². The number of aromatic nitrogens is 8. The van der Waals surface area contributed by atoms with Gasteiger partial charge in [0.25, 0.3) is 0 Å². The van der Waals surface area contributed by atoms with Gasteiger partial charge in [-0.05, 0) is 0 Å². The maximum Gasteiger partial charge on any atom is 0.472 e. The third-order valence-electron chi connectivity index (χ3n) is 7.17. The smallest absolute Gasteiger partial charge is 0.382 e. The molecular formula is C20H22F2N10O10P2. The van der Waals surface area contributed by atoms with E-state index >= 15 is 8.78 Å². The summed E-state index contributed by atoms with van der Waals surface area (Å²) in [5, 5.41) is 0. The molecule has 3 saturated heterocycles. The number of halogens is 2. The van der Waals surface area contributed by atoms with Gasteiger partial charge >= 0.3 is 15.6 Å². The fraction of sp³-hybridized carbons (Fsp3) is 0.500. The third-order valence-corrected chi connectivity index (χ3v) is 9.14. The average Bonchev–Trinajstić information content (AvgIpc) is 3.73. The molecule has 7 rings (SSSR count). The molecule has 3 fully saturated rings. The first-order valence-electron chi connectivity index (χ1n) is 12.7. The predicted octanol–water partition coefficient (Wildman–Crippen LogP) is 0.320. The second-order valence-corrected chi connectivity index (χ2v) is 12.7. The average molecular weight is 662 g/mol. The molecule has 44 heavy (non-hydrogen) atoms. The number of anilines is 2. The molecule has 6 N–H and O–H groups in total. The molecule has 4 aromatic heterocycles. The molecular weight excluding hydrogens is 640 g/mol. The van der Waals surface area contributed by atoms with Crippen LogP contribution in [0.3, 0.4) is 0 Å². The molecule has 4 aromatic rings. The lowest BCUT2D eigenvalue weighted by Crippen LogP contribution is -2.37. The Morgan fingerprint density at radius 2 is 1.14 bits per heavy atom. The van der Waals surface area contributed by atoms with Crippen molar-refractivity contribution in [3.8, 4) is 0 Å².